The van der Waals surface area contributed by atoms with Gasteiger partial charge < -0.3 is 14.5 Å². The molecule has 0 bridgehead atoms. The first-order chi connectivity index (χ1) is 13.8. The van der Waals surface area contributed by atoms with Gasteiger partial charge in [-0.2, -0.15) is 18.2 Å². The molecule has 0 aliphatic carbocycles. The molecular weight excluding hydrogens is 429 g/mol. The summed E-state index contributed by atoms with van der Waals surface area (Å²) in [6, 6.07) is 2.06. The average molecular weight is 449 g/mol. The Morgan fingerprint density at radius 1 is 1.21 bits per heavy atom. The molecule has 4 rings (SSSR count). The molecule has 2 aliphatic heterocycles. The highest BCUT2D eigenvalue weighted by molar-refractivity contribution is 7.18. The topological polar surface area (TPSA) is 58.6 Å². The van der Waals surface area contributed by atoms with Crippen molar-refractivity contribution in [2.45, 2.75) is 25.4 Å². The van der Waals surface area contributed by atoms with E-state index in [4.69, 9.17) is 16.3 Å². The number of aromatic nitrogens is 2. The van der Waals surface area contributed by atoms with E-state index in [0.29, 0.717) is 26.1 Å². The smallest absolute Gasteiger partial charge is 0.378 e. The highest BCUT2D eigenvalue weighted by Gasteiger charge is 2.43. The number of thiophene rings is 1. The molecule has 0 atom stereocenters. The van der Waals surface area contributed by atoms with Crippen molar-refractivity contribution < 1.29 is 22.7 Å². The molecule has 2 aromatic rings. The first-order valence-corrected chi connectivity index (χ1v) is 10.7. The van der Waals surface area contributed by atoms with Gasteiger partial charge in [0.1, 0.15) is 10.6 Å². The SMILES string of the molecule is O=C(N1CCC(Cc2cc3c(N4CCOCC4)nc(Cl)nc3s2)CC1)C(F)(F)F. The van der Waals surface area contributed by atoms with Crippen LogP contribution in [-0.4, -0.2) is 66.3 Å². The Morgan fingerprint density at radius 2 is 1.90 bits per heavy atom. The molecule has 2 fully saturated rings. The molecule has 2 saturated heterocycles. The molecule has 0 spiro atoms. The van der Waals surface area contributed by atoms with Crippen molar-refractivity contribution in [1.29, 1.82) is 0 Å². The monoisotopic (exact) mass is 448 g/mol. The predicted molar refractivity (Wildman–Crippen MR) is 105 cm³/mol. The van der Waals surface area contributed by atoms with E-state index in [1.54, 1.807) is 11.3 Å². The highest BCUT2D eigenvalue weighted by Crippen LogP contribution is 2.35. The van der Waals surface area contributed by atoms with Gasteiger partial charge in [-0.15, -0.1) is 11.3 Å². The summed E-state index contributed by atoms with van der Waals surface area (Å²) in [5.74, 6) is -0.704. The van der Waals surface area contributed by atoms with Gasteiger partial charge in [0.2, 0.25) is 5.28 Å². The molecule has 29 heavy (non-hydrogen) atoms. The zero-order chi connectivity index (χ0) is 20.6. The van der Waals surface area contributed by atoms with E-state index in [1.165, 1.54) is 0 Å². The van der Waals surface area contributed by atoms with Crippen LogP contribution in [0.15, 0.2) is 6.07 Å². The minimum atomic E-state index is -4.80. The van der Waals surface area contributed by atoms with Gasteiger partial charge in [0.15, 0.2) is 0 Å². The number of likely N-dealkylation sites (tertiary alicyclic amines) is 1. The maximum atomic E-state index is 12.6. The van der Waals surface area contributed by atoms with Crippen molar-refractivity contribution >= 4 is 44.9 Å². The number of fused-ring (bicyclic) bond motifs is 1. The van der Waals surface area contributed by atoms with Gasteiger partial charge in [-0.05, 0) is 42.8 Å². The molecule has 2 aromatic heterocycles. The van der Waals surface area contributed by atoms with Crippen molar-refractivity contribution in [2.75, 3.05) is 44.3 Å². The summed E-state index contributed by atoms with van der Waals surface area (Å²) in [5, 5.41) is 1.15. The molecule has 0 unspecified atom stereocenters. The number of morpholine rings is 1. The molecular formula is C18H20ClF3N4O2S. The highest BCUT2D eigenvalue weighted by atomic mass is 35.5. The normalized spacial score (nSPS) is 19.2. The van der Waals surface area contributed by atoms with E-state index in [2.05, 4.69) is 20.9 Å². The van der Waals surface area contributed by atoms with Crippen LogP contribution in [0.25, 0.3) is 10.2 Å². The number of alkyl halides is 3. The molecule has 4 heterocycles. The molecule has 0 saturated carbocycles. The maximum Gasteiger partial charge on any atom is 0.471 e. The molecule has 11 heteroatoms. The molecule has 2 aliphatic rings. The van der Waals surface area contributed by atoms with Crippen LogP contribution >= 0.6 is 22.9 Å². The van der Waals surface area contributed by atoms with Gasteiger partial charge in [0.25, 0.3) is 0 Å². The summed E-state index contributed by atoms with van der Waals surface area (Å²) in [7, 11) is 0. The van der Waals surface area contributed by atoms with Crippen molar-refractivity contribution in [3.05, 3.63) is 16.2 Å². The van der Waals surface area contributed by atoms with E-state index in [-0.39, 0.29) is 24.3 Å². The van der Waals surface area contributed by atoms with Crippen molar-refractivity contribution in [3.63, 3.8) is 0 Å². The van der Waals surface area contributed by atoms with Gasteiger partial charge in [0.05, 0.1) is 18.6 Å². The zero-order valence-corrected chi connectivity index (χ0v) is 17.1. The van der Waals surface area contributed by atoms with Crippen LogP contribution in [0.4, 0.5) is 19.0 Å². The number of carbonyl (C=O) groups is 1. The van der Waals surface area contributed by atoms with E-state index < -0.39 is 12.1 Å². The standard InChI is InChI=1S/C18H20ClF3N4O2S/c19-17-23-14(25-5-7-28-8-6-25)13-10-12(29-15(13)24-17)9-11-1-3-26(4-2-11)16(27)18(20,21)22/h10-11H,1-9H2. The molecule has 0 N–H and O–H groups in total. The van der Waals surface area contributed by atoms with E-state index in [9.17, 15) is 18.0 Å². The third-order valence-corrected chi connectivity index (χ3v) is 6.56. The van der Waals surface area contributed by atoms with Crippen LogP contribution in [0.2, 0.25) is 5.28 Å². The molecule has 158 valence electrons. The Hall–Kier alpha value is -1.65. The number of piperidine rings is 1. The lowest BCUT2D eigenvalue weighted by Crippen LogP contribution is -2.45. The number of hydrogen-bond donors (Lipinski definition) is 0. The van der Waals surface area contributed by atoms with Crippen LogP contribution in [0.1, 0.15) is 17.7 Å². The quantitative estimate of drug-likeness (QED) is 0.672. The third-order valence-electron chi connectivity index (χ3n) is 5.34. The Morgan fingerprint density at radius 3 is 2.55 bits per heavy atom. The number of ether oxygens (including phenoxy) is 1. The first-order valence-electron chi connectivity index (χ1n) is 9.46. The summed E-state index contributed by atoms with van der Waals surface area (Å²) in [6.07, 6.45) is -2.95. The van der Waals surface area contributed by atoms with Crippen LogP contribution in [0, 0.1) is 5.92 Å². The van der Waals surface area contributed by atoms with Crippen LogP contribution < -0.4 is 4.90 Å². The zero-order valence-electron chi connectivity index (χ0n) is 15.5. The predicted octanol–water partition coefficient (Wildman–Crippen LogP) is 3.52. The first kappa shape index (κ1) is 20.6. The number of nitrogens with zero attached hydrogens (tertiary/aromatic N) is 4. The second kappa shape index (κ2) is 8.23. The largest absolute Gasteiger partial charge is 0.471 e. The summed E-state index contributed by atoms with van der Waals surface area (Å²) >= 11 is 7.66. The lowest BCUT2D eigenvalue weighted by Gasteiger charge is -2.32. The average Bonchev–Trinajstić information content (AvgIpc) is 3.09. The number of anilines is 1. The second-order valence-electron chi connectivity index (χ2n) is 7.28. The van der Waals surface area contributed by atoms with Gasteiger partial charge in [-0.1, -0.05) is 0 Å². The fraction of sp³-hybridized carbons (Fsp3) is 0.611. The van der Waals surface area contributed by atoms with Gasteiger partial charge in [-0.3, -0.25) is 4.79 Å². The van der Waals surface area contributed by atoms with Gasteiger partial charge in [0, 0.05) is 31.1 Å². The van der Waals surface area contributed by atoms with E-state index in [0.717, 1.165) is 45.3 Å². The van der Waals surface area contributed by atoms with Crippen molar-refractivity contribution in [1.82, 2.24) is 14.9 Å². The molecule has 0 aromatic carbocycles. The number of hydrogen-bond acceptors (Lipinski definition) is 6. The molecule has 0 radical (unpaired) electrons. The summed E-state index contributed by atoms with van der Waals surface area (Å²) in [4.78, 5) is 25.1. The number of carbonyl (C=O) groups excluding carboxylic acids is 1. The van der Waals surface area contributed by atoms with E-state index >= 15 is 0 Å². The van der Waals surface area contributed by atoms with Gasteiger partial charge in [-0.25, -0.2) is 4.98 Å². The van der Waals surface area contributed by atoms with Gasteiger partial charge >= 0.3 is 12.1 Å². The fourth-order valence-electron chi connectivity index (χ4n) is 3.85. The Kier molecular flexibility index (Phi) is 5.85. The summed E-state index contributed by atoms with van der Waals surface area (Å²) < 4.78 is 43.2. The molecule has 1 amide bonds. The summed E-state index contributed by atoms with van der Waals surface area (Å²) in [6.45, 7) is 3.01. The van der Waals surface area contributed by atoms with E-state index in [1.807, 2.05) is 0 Å². The third kappa shape index (κ3) is 4.59. The lowest BCUT2D eigenvalue weighted by molar-refractivity contribution is -0.186. The Labute approximate surface area is 174 Å². The molecule has 6 nitrogen and oxygen atoms in total. The van der Waals surface area contributed by atoms with Crippen molar-refractivity contribution in [3.8, 4) is 0 Å². The van der Waals surface area contributed by atoms with Crippen LogP contribution in [0.5, 0.6) is 0 Å². The van der Waals surface area contributed by atoms with Crippen LogP contribution in [-0.2, 0) is 16.0 Å². The minimum absolute atomic E-state index is 0.137. The maximum absolute atomic E-state index is 12.6. The minimum Gasteiger partial charge on any atom is -0.378 e. The second-order valence-corrected chi connectivity index (χ2v) is 8.74. The fourth-order valence-corrected chi connectivity index (χ4v) is 5.20. The Bertz CT molecular complexity index is 893. The lowest BCUT2D eigenvalue weighted by atomic mass is 9.93. The van der Waals surface area contributed by atoms with Crippen LogP contribution in [0.3, 0.4) is 0 Å². The summed E-state index contributed by atoms with van der Waals surface area (Å²) in [5.41, 5.74) is 0. The number of rotatable bonds is 3. The van der Waals surface area contributed by atoms with Crippen molar-refractivity contribution in [2.24, 2.45) is 5.92 Å². The number of halogens is 4. The number of amides is 1. The Balaban J connectivity index is 1.46.